The third-order valence-electron chi connectivity index (χ3n) is 2.99. The molecule has 0 amide bonds. The maximum absolute atomic E-state index is 5.98. The number of nitrogens with zero attached hydrogens (tertiary/aromatic N) is 2. The van der Waals surface area contributed by atoms with Crippen LogP contribution < -0.4 is 5.73 Å². The molecule has 6 heteroatoms. The number of thioether (sulfide) groups is 2. The third kappa shape index (κ3) is 2.58. The van der Waals surface area contributed by atoms with Crippen LogP contribution >= 0.6 is 39.5 Å². The highest BCUT2D eigenvalue weighted by molar-refractivity contribution is 9.10. The molecule has 1 saturated heterocycles. The molecule has 1 aromatic heterocycles. The van der Waals surface area contributed by atoms with Gasteiger partial charge in [-0.3, -0.25) is 0 Å². The van der Waals surface area contributed by atoms with E-state index in [1.807, 2.05) is 23.5 Å². The zero-order valence-corrected chi connectivity index (χ0v) is 12.6. The molecular weight excluding hydrogens is 318 g/mol. The van der Waals surface area contributed by atoms with E-state index < -0.39 is 0 Å². The van der Waals surface area contributed by atoms with E-state index in [2.05, 4.69) is 20.9 Å². The SMILES string of the molecule is Nc1nc(C2CSCCS2)nc(C2CC2)c1Br. The van der Waals surface area contributed by atoms with Gasteiger partial charge in [-0.05, 0) is 28.8 Å². The number of anilines is 1. The average molecular weight is 332 g/mol. The van der Waals surface area contributed by atoms with Gasteiger partial charge in [-0.1, -0.05) is 0 Å². The number of rotatable bonds is 2. The zero-order chi connectivity index (χ0) is 11.8. The first kappa shape index (κ1) is 12.1. The number of aromatic nitrogens is 2. The van der Waals surface area contributed by atoms with E-state index in [1.165, 1.54) is 24.3 Å². The van der Waals surface area contributed by atoms with E-state index in [4.69, 9.17) is 10.7 Å². The van der Waals surface area contributed by atoms with Gasteiger partial charge in [-0.15, -0.1) is 11.8 Å². The van der Waals surface area contributed by atoms with Gasteiger partial charge in [0.05, 0.1) is 15.4 Å². The highest BCUT2D eigenvalue weighted by Crippen LogP contribution is 2.44. The van der Waals surface area contributed by atoms with Crippen LogP contribution in [0.2, 0.25) is 0 Å². The van der Waals surface area contributed by atoms with Crippen molar-refractivity contribution < 1.29 is 0 Å². The Morgan fingerprint density at radius 1 is 1.24 bits per heavy atom. The predicted octanol–water partition coefficient (Wildman–Crippen LogP) is 3.22. The average Bonchev–Trinajstić information content (AvgIpc) is 3.18. The van der Waals surface area contributed by atoms with Gasteiger partial charge in [-0.25, -0.2) is 9.97 Å². The lowest BCUT2D eigenvalue weighted by Crippen LogP contribution is -2.13. The fourth-order valence-electron chi connectivity index (χ4n) is 1.91. The zero-order valence-electron chi connectivity index (χ0n) is 9.36. The molecule has 0 aromatic carbocycles. The maximum atomic E-state index is 5.98. The molecule has 0 spiro atoms. The first-order valence-electron chi connectivity index (χ1n) is 5.78. The summed E-state index contributed by atoms with van der Waals surface area (Å²) in [4.78, 5) is 9.20. The van der Waals surface area contributed by atoms with Gasteiger partial charge in [0.15, 0.2) is 0 Å². The van der Waals surface area contributed by atoms with Crippen molar-refractivity contribution >= 4 is 45.3 Å². The molecule has 1 aromatic rings. The quantitative estimate of drug-likeness (QED) is 0.901. The number of nitrogen functional groups attached to an aromatic ring is 1. The smallest absolute Gasteiger partial charge is 0.144 e. The molecule has 1 unspecified atom stereocenters. The maximum Gasteiger partial charge on any atom is 0.144 e. The van der Waals surface area contributed by atoms with Gasteiger partial charge >= 0.3 is 0 Å². The van der Waals surface area contributed by atoms with Gasteiger partial charge in [0.1, 0.15) is 11.6 Å². The van der Waals surface area contributed by atoms with E-state index in [-0.39, 0.29) is 0 Å². The van der Waals surface area contributed by atoms with Gasteiger partial charge in [0, 0.05) is 23.2 Å². The Labute approximate surface area is 118 Å². The monoisotopic (exact) mass is 331 g/mol. The van der Waals surface area contributed by atoms with Crippen molar-refractivity contribution in [3.63, 3.8) is 0 Å². The van der Waals surface area contributed by atoms with Gasteiger partial charge < -0.3 is 5.73 Å². The van der Waals surface area contributed by atoms with Crippen LogP contribution in [-0.4, -0.2) is 27.2 Å². The van der Waals surface area contributed by atoms with Crippen LogP contribution in [0.15, 0.2) is 4.47 Å². The first-order valence-corrected chi connectivity index (χ1v) is 8.77. The van der Waals surface area contributed by atoms with Crippen molar-refractivity contribution in [3.05, 3.63) is 16.0 Å². The second kappa shape index (κ2) is 4.97. The molecule has 17 heavy (non-hydrogen) atoms. The summed E-state index contributed by atoms with van der Waals surface area (Å²) in [6.45, 7) is 0. The van der Waals surface area contributed by atoms with Crippen LogP contribution in [0, 0.1) is 0 Å². The Hall–Kier alpha value is 0.0600. The molecule has 1 aliphatic heterocycles. The molecule has 1 atom stereocenters. The number of hydrogen-bond donors (Lipinski definition) is 1. The summed E-state index contributed by atoms with van der Waals surface area (Å²) in [7, 11) is 0. The summed E-state index contributed by atoms with van der Waals surface area (Å²) >= 11 is 7.46. The van der Waals surface area contributed by atoms with E-state index in [1.54, 1.807) is 0 Å². The number of nitrogens with two attached hydrogens (primary N) is 1. The lowest BCUT2D eigenvalue weighted by atomic mass is 10.2. The molecule has 2 N–H and O–H groups in total. The number of halogens is 1. The molecule has 0 bridgehead atoms. The molecule has 3 rings (SSSR count). The normalized spacial score (nSPS) is 24.9. The Morgan fingerprint density at radius 3 is 2.71 bits per heavy atom. The second-order valence-corrected chi connectivity index (χ2v) is 7.63. The molecular formula is C11H14BrN3S2. The molecule has 1 saturated carbocycles. The Kier molecular flexibility index (Phi) is 3.54. The fraction of sp³-hybridized carbons (Fsp3) is 0.636. The largest absolute Gasteiger partial charge is 0.383 e. The molecule has 2 heterocycles. The second-order valence-electron chi connectivity index (χ2n) is 4.37. The van der Waals surface area contributed by atoms with E-state index in [9.17, 15) is 0 Å². The minimum absolute atomic E-state index is 0.418. The molecule has 2 fully saturated rings. The summed E-state index contributed by atoms with van der Waals surface area (Å²) in [6, 6.07) is 0. The van der Waals surface area contributed by atoms with Crippen molar-refractivity contribution in [2.24, 2.45) is 0 Å². The van der Waals surface area contributed by atoms with Crippen LogP contribution in [0.3, 0.4) is 0 Å². The van der Waals surface area contributed by atoms with E-state index >= 15 is 0 Å². The molecule has 2 aliphatic rings. The van der Waals surface area contributed by atoms with Crippen LogP contribution in [-0.2, 0) is 0 Å². The van der Waals surface area contributed by atoms with Crippen molar-refractivity contribution in [1.82, 2.24) is 9.97 Å². The van der Waals surface area contributed by atoms with Crippen molar-refractivity contribution in [1.29, 1.82) is 0 Å². The van der Waals surface area contributed by atoms with E-state index in [0.717, 1.165) is 21.7 Å². The standard InChI is InChI=1S/C11H14BrN3S2/c12-8-9(6-1-2-6)14-11(15-10(8)13)7-5-16-3-4-17-7/h6-7H,1-5H2,(H2,13,14,15). The summed E-state index contributed by atoms with van der Waals surface area (Å²) in [5.41, 5.74) is 7.11. The van der Waals surface area contributed by atoms with Gasteiger partial charge in [-0.2, -0.15) is 11.8 Å². The summed E-state index contributed by atoms with van der Waals surface area (Å²) in [5, 5.41) is 0.418. The number of hydrogen-bond acceptors (Lipinski definition) is 5. The topological polar surface area (TPSA) is 51.8 Å². The minimum Gasteiger partial charge on any atom is -0.383 e. The Morgan fingerprint density at radius 2 is 2.06 bits per heavy atom. The lowest BCUT2D eigenvalue weighted by Gasteiger charge is -2.20. The Bertz CT molecular complexity index is 431. The minimum atomic E-state index is 0.418. The fourth-order valence-corrected chi connectivity index (χ4v) is 5.01. The predicted molar refractivity (Wildman–Crippen MR) is 78.6 cm³/mol. The first-order chi connectivity index (χ1) is 8.25. The van der Waals surface area contributed by atoms with Crippen molar-refractivity contribution in [3.8, 4) is 0 Å². The highest BCUT2D eigenvalue weighted by Gasteiger charge is 2.30. The highest BCUT2D eigenvalue weighted by atomic mass is 79.9. The van der Waals surface area contributed by atoms with Crippen LogP contribution in [0.25, 0.3) is 0 Å². The summed E-state index contributed by atoms with van der Waals surface area (Å²) in [6.07, 6.45) is 2.47. The third-order valence-corrected chi connectivity index (χ3v) is 6.55. The van der Waals surface area contributed by atoms with E-state index in [0.29, 0.717) is 17.0 Å². The Balaban J connectivity index is 1.93. The van der Waals surface area contributed by atoms with Crippen molar-refractivity contribution in [2.75, 3.05) is 23.0 Å². The molecule has 1 aliphatic carbocycles. The van der Waals surface area contributed by atoms with Crippen molar-refractivity contribution in [2.45, 2.75) is 24.0 Å². The summed E-state index contributed by atoms with van der Waals surface area (Å²) in [5.74, 6) is 5.68. The lowest BCUT2D eigenvalue weighted by molar-refractivity contribution is 0.870. The van der Waals surface area contributed by atoms with Crippen LogP contribution in [0.5, 0.6) is 0 Å². The summed E-state index contributed by atoms with van der Waals surface area (Å²) < 4.78 is 0.914. The van der Waals surface area contributed by atoms with Gasteiger partial charge in [0.25, 0.3) is 0 Å². The molecule has 92 valence electrons. The van der Waals surface area contributed by atoms with Crippen LogP contribution in [0.1, 0.15) is 35.5 Å². The van der Waals surface area contributed by atoms with Gasteiger partial charge in [0.2, 0.25) is 0 Å². The molecule has 3 nitrogen and oxygen atoms in total. The molecule has 0 radical (unpaired) electrons. The van der Waals surface area contributed by atoms with Crippen LogP contribution in [0.4, 0.5) is 5.82 Å².